The summed E-state index contributed by atoms with van der Waals surface area (Å²) in [6.07, 6.45) is 8.62. The second kappa shape index (κ2) is 9.66. The third kappa shape index (κ3) is 5.27. The van der Waals surface area contributed by atoms with E-state index in [1.165, 1.54) is 0 Å². The molecule has 1 atom stereocenters. The molecular formula is C20H17N3O5. The monoisotopic (exact) mass is 379 g/mol. The maximum Gasteiger partial charge on any atom is 0.328 e. The lowest BCUT2D eigenvalue weighted by Gasteiger charge is -2.12. The summed E-state index contributed by atoms with van der Waals surface area (Å²) in [6.45, 7) is 0. The summed E-state index contributed by atoms with van der Waals surface area (Å²) in [7, 11) is 0. The fourth-order valence-electron chi connectivity index (χ4n) is 2.39. The van der Waals surface area contributed by atoms with Gasteiger partial charge in [0.2, 0.25) is 0 Å². The molecule has 0 saturated carbocycles. The Labute approximate surface area is 160 Å². The van der Waals surface area contributed by atoms with Crippen LogP contribution in [0.1, 0.15) is 18.0 Å². The zero-order valence-electron chi connectivity index (χ0n) is 14.6. The van der Waals surface area contributed by atoms with Crippen molar-refractivity contribution in [2.75, 3.05) is 0 Å². The molecule has 1 unspecified atom stereocenters. The topological polar surface area (TPSA) is 140 Å². The van der Waals surface area contributed by atoms with Crippen molar-refractivity contribution >= 4 is 23.0 Å². The second-order valence-electron chi connectivity index (χ2n) is 5.50. The normalized spacial score (nSPS) is 11.4. The number of carboxylic acid groups (broad SMARTS) is 2. The minimum Gasteiger partial charge on any atom is -0.478 e. The highest BCUT2D eigenvalue weighted by atomic mass is 16.5. The summed E-state index contributed by atoms with van der Waals surface area (Å²) in [5.41, 5.74) is 9.30. The molecule has 2 heterocycles. The fraction of sp³-hybridized carbons (Fsp3) is 0.100. The highest BCUT2D eigenvalue weighted by Gasteiger charge is 2.17. The van der Waals surface area contributed by atoms with Gasteiger partial charge in [-0.1, -0.05) is 29.4 Å². The summed E-state index contributed by atoms with van der Waals surface area (Å²) >= 11 is 0. The van der Waals surface area contributed by atoms with Crippen molar-refractivity contribution in [3.63, 3.8) is 0 Å². The summed E-state index contributed by atoms with van der Waals surface area (Å²) in [6, 6.07) is 11.4. The number of aromatic nitrogens is 2. The highest BCUT2D eigenvalue weighted by molar-refractivity contribution is 5.90. The Bertz CT molecular complexity index is 1030. The van der Waals surface area contributed by atoms with E-state index in [0.717, 1.165) is 22.2 Å². The van der Waals surface area contributed by atoms with Crippen LogP contribution in [0.2, 0.25) is 0 Å². The van der Waals surface area contributed by atoms with Crippen LogP contribution >= 0.6 is 0 Å². The largest absolute Gasteiger partial charge is 0.478 e. The summed E-state index contributed by atoms with van der Waals surface area (Å²) in [5, 5.41) is 20.6. The average Bonchev–Trinajstić information content (AvgIpc) is 3.11. The van der Waals surface area contributed by atoms with Crippen molar-refractivity contribution in [2.45, 2.75) is 12.5 Å². The van der Waals surface area contributed by atoms with Crippen molar-refractivity contribution in [3.05, 3.63) is 60.3 Å². The van der Waals surface area contributed by atoms with Crippen molar-refractivity contribution in [1.82, 2.24) is 10.1 Å². The molecule has 0 amide bonds. The van der Waals surface area contributed by atoms with Gasteiger partial charge in [-0.05, 0) is 17.7 Å². The number of terminal acetylenes is 1. The van der Waals surface area contributed by atoms with Gasteiger partial charge in [0.05, 0.1) is 5.39 Å². The van der Waals surface area contributed by atoms with Crippen molar-refractivity contribution < 1.29 is 24.3 Å². The third-order valence-electron chi connectivity index (χ3n) is 3.57. The van der Waals surface area contributed by atoms with E-state index in [2.05, 4.69) is 16.1 Å². The zero-order chi connectivity index (χ0) is 20.5. The van der Waals surface area contributed by atoms with Gasteiger partial charge in [-0.2, -0.15) is 0 Å². The molecule has 142 valence electrons. The first-order chi connectivity index (χ1) is 13.4. The summed E-state index contributed by atoms with van der Waals surface area (Å²) in [4.78, 5) is 23.3. The van der Waals surface area contributed by atoms with E-state index >= 15 is 0 Å². The number of benzene rings is 1. The van der Waals surface area contributed by atoms with Crippen molar-refractivity contribution in [1.29, 1.82) is 0 Å². The fourth-order valence-corrected chi connectivity index (χ4v) is 2.39. The molecular weight excluding hydrogens is 362 g/mol. The highest BCUT2D eigenvalue weighted by Crippen LogP contribution is 2.32. The van der Waals surface area contributed by atoms with E-state index in [0.29, 0.717) is 24.3 Å². The maximum absolute atomic E-state index is 9.55. The van der Waals surface area contributed by atoms with Crippen molar-refractivity contribution in [3.8, 4) is 23.6 Å². The summed E-state index contributed by atoms with van der Waals surface area (Å²) < 4.78 is 5.26. The van der Waals surface area contributed by atoms with Crippen LogP contribution in [0, 0.1) is 12.3 Å². The lowest BCUT2D eigenvalue weighted by Crippen LogP contribution is -2.10. The number of pyridine rings is 1. The van der Waals surface area contributed by atoms with Crippen LogP contribution < -0.4 is 5.73 Å². The van der Waals surface area contributed by atoms with Gasteiger partial charge >= 0.3 is 11.9 Å². The van der Waals surface area contributed by atoms with Gasteiger partial charge < -0.3 is 20.5 Å². The van der Waals surface area contributed by atoms with Crippen LogP contribution in [-0.4, -0.2) is 32.3 Å². The molecule has 1 aromatic carbocycles. The minimum atomic E-state index is -1.26. The molecule has 0 spiro atoms. The number of nitrogens with two attached hydrogens (primary N) is 1. The van der Waals surface area contributed by atoms with E-state index in [4.69, 9.17) is 26.9 Å². The number of hydrogen-bond donors (Lipinski definition) is 3. The molecule has 0 saturated heterocycles. The Morgan fingerprint density at radius 1 is 1.18 bits per heavy atom. The molecule has 8 nitrogen and oxygen atoms in total. The molecule has 0 bridgehead atoms. The first kappa shape index (κ1) is 20.4. The number of rotatable bonds is 5. The smallest absolute Gasteiger partial charge is 0.328 e. The summed E-state index contributed by atoms with van der Waals surface area (Å²) in [5.74, 6) is 0.0804. The SMILES string of the molecule is C#CCC(N)c1ccccc1-c1noc2ncccc12.O=C(O)/C=C\C(=O)O. The van der Waals surface area contributed by atoms with Crippen LogP contribution in [0.15, 0.2) is 59.3 Å². The van der Waals surface area contributed by atoms with E-state index in [-0.39, 0.29) is 6.04 Å². The van der Waals surface area contributed by atoms with E-state index in [9.17, 15) is 9.59 Å². The number of carbonyl (C=O) groups is 2. The van der Waals surface area contributed by atoms with Gasteiger partial charge in [-0.25, -0.2) is 14.6 Å². The Kier molecular flexibility index (Phi) is 7.02. The van der Waals surface area contributed by atoms with E-state index in [1.807, 2.05) is 36.4 Å². The lowest BCUT2D eigenvalue weighted by molar-refractivity contribution is -0.134. The van der Waals surface area contributed by atoms with Gasteiger partial charge in [0.15, 0.2) is 0 Å². The Hall–Kier alpha value is -3.96. The standard InChI is InChI=1S/C16H13N3O.C4H4O4/c1-2-6-14(17)11-7-3-4-8-12(11)15-13-9-5-10-18-16(13)20-19-15;5-3(6)1-2-4(7)8/h1,3-5,7-10,14H,6,17H2;1-2H,(H,5,6)(H,7,8)/b;2-1-. The number of aliphatic carboxylic acids is 2. The zero-order valence-corrected chi connectivity index (χ0v) is 14.6. The molecule has 0 aliphatic heterocycles. The molecule has 8 heteroatoms. The van der Waals surface area contributed by atoms with Gasteiger partial charge in [-0.3, -0.25) is 0 Å². The van der Waals surface area contributed by atoms with Crippen LogP contribution in [0.25, 0.3) is 22.4 Å². The molecule has 2 aromatic heterocycles. The first-order valence-electron chi connectivity index (χ1n) is 8.06. The van der Waals surface area contributed by atoms with Gasteiger partial charge in [0.25, 0.3) is 5.71 Å². The lowest BCUT2D eigenvalue weighted by atomic mass is 9.96. The number of fused-ring (bicyclic) bond motifs is 1. The Morgan fingerprint density at radius 3 is 2.50 bits per heavy atom. The van der Waals surface area contributed by atoms with Crippen LogP contribution in [0.3, 0.4) is 0 Å². The molecule has 0 fully saturated rings. The molecule has 4 N–H and O–H groups in total. The predicted molar refractivity (Wildman–Crippen MR) is 102 cm³/mol. The maximum atomic E-state index is 9.55. The van der Waals surface area contributed by atoms with Gasteiger partial charge in [-0.15, -0.1) is 12.3 Å². The van der Waals surface area contributed by atoms with Crippen LogP contribution in [0.4, 0.5) is 0 Å². The predicted octanol–water partition coefficient (Wildman–Crippen LogP) is 2.62. The van der Waals surface area contributed by atoms with Gasteiger partial charge in [0, 0.05) is 36.4 Å². The average molecular weight is 379 g/mol. The van der Waals surface area contributed by atoms with Crippen LogP contribution in [0.5, 0.6) is 0 Å². The first-order valence-corrected chi connectivity index (χ1v) is 8.06. The molecule has 0 aliphatic rings. The van der Waals surface area contributed by atoms with Crippen molar-refractivity contribution in [2.24, 2.45) is 5.73 Å². The Balaban J connectivity index is 0.000000300. The molecule has 0 radical (unpaired) electrons. The van der Waals surface area contributed by atoms with E-state index < -0.39 is 11.9 Å². The quantitative estimate of drug-likeness (QED) is 0.454. The molecule has 0 aliphatic carbocycles. The second-order valence-corrected chi connectivity index (χ2v) is 5.50. The minimum absolute atomic E-state index is 0.223. The molecule has 3 aromatic rings. The Morgan fingerprint density at radius 2 is 1.86 bits per heavy atom. The molecule has 28 heavy (non-hydrogen) atoms. The molecule has 3 rings (SSSR count). The van der Waals surface area contributed by atoms with Crippen LogP contribution in [-0.2, 0) is 9.59 Å². The third-order valence-corrected chi connectivity index (χ3v) is 3.57. The number of carboxylic acids is 2. The van der Waals surface area contributed by atoms with E-state index in [1.54, 1.807) is 6.20 Å². The van der Waals surface area contributed by atoms with Gasteiger partial charge in [0.1, 0.15) is 5.69 Å². The number of nitrogens with zero attached hydrogens (tertiary/aromatic N) is 2. The number of hydrogen-bond acceptors (Lipinski definition) is 6.